The van der Waals surface area contributed by atoms with Gasteiger partial charge in [-0.25, -0.2) is 0 Å². The van der Waals surface area contributed by atoms with Crippen molar-refractivity contribution in [1.29, 1.82) is 0 Å². The van der Waals surface area contributed by atoms with E-state index in [-0.39, 0.29) is 5.91 Å². The number of carbonyl (C=O) groups excluding carboxylic acids is 1. The Morgan fingerprint density at radius 3 is 2.87 bits per heavy atom. The van der Waals surface area contributed by atoms with Crippen LogP contribution in [0.4, 0.5) is 5.69 Å². The number of amides is 1. The summed E-state index contributed by atoms with van der Waals surface area (Å²) in [7, 11) is 3.51. The second-order valence-electron chi connectivity index (χ2n) is 3.40. The molecule has 0 radical (unpaired) electrons. The van der Waals surface area contributed by atoms with Crippen LogP contribution in [0.2, 0.25) is 0 Å². The summed E-state index contributed by atoms with van der Waals surface area (Å²) in [6.07, 6.45) is 0. The number of nitrogens with one attached hydrogen (secondary N) is 1. The quantitative estimate of drug-likeness (QED) is 0.748. The Bertz CT molecular complexity index is 338. The first-order valence-electron chi connectivity index (χ1n) is 4.88. The first kappa shape index (κ1) is 11.5. The van der Waals surface area contributed by atoms with Gasteiger partial charge in [-0.3, -0.25) is 4.79 Å². The van der Waals surface area contributed by atoms with Gasteiger partial charge in [0, 0.05) is 26.3 Å². The van der Waals surface area contributed by atoms with Crippen LogP contribution in [0.1, 0.15) is 5.56 Å². The van der Waals surface area contributed by atoms with E-state index in [1.54, 1.807) is 7.05 Å². The van der Waals surface area contributed by atoms with E-state index in [4.69, 9.17) is 5.73 Å². The summed E-state index contributed by atoms with van der Waals surface area (Å²) in [4.78, 5) is 13.1. The zero-order chi connectivity index (χ0) is 11.3. The molecule has 15 heavy (non-hydrogen) atoms. The summed E-state index contributed by atoms with van der Waals surface area (Å²) in [5.41, 5.74) is 7.62. The van der Waals surface area contributed by atoms with Crippen molar-refractivity contribution in [2.45, 2.75) is 6.54 Å². The second kappa shape index (κ2) is 5.36. The molecular formula is C11H17N3O. The van der Waals surface area contributed by atoms with Crippen LogP contribution in [-0.4, -0.2) is 26.5 Å². The van der Waals surface area contributed by atoms with Crippen LogP contribution in [0, 0.1) is 0 Å². The van der Waals surface area contributed by atoms with E-state index in [0.29, 0.717) is 13.1 Å². The van der Waals surface area contributed by atoms with Crippen molar-refractivity contribution in [2.24, 2.45) is 5.73 Å². The molecule has 0 aromatic heterocycles. The monoisotopic (exact) mass is 207 g/mol. The maximum Gasteiger partial charge on any atom is 0.239 e. The van der Waals surface area contributed by atoms with Crippen molar-refractivity contribution in [1.82, 2.24) is 5.32 Å². The number of carbonyl (C=O) groups is 1. The molecule has 0 heterocycles. The highest BCUT2D eigenvalue weighted by Crippen LogP contribution is 2.13. The van der Waals surface area contributed by atoms with Crippen LogP contribution in [0.25, 0.3) is 0 Å². The minimum atomic E-state index is -0.00403. The summed E-state index contributed by atoms with van der Waals surface area (Å²) in [5, 5.41) is 2.59. The van der Waals surface area contributed by atoms with Gasteiger partial charge in [0.05, 0.1) is 6.54 Å². The molecule has 0 fully saturated rings. The van der Waals surface area contributed by atoms with Crippen LogP contribution in [-0.2, 0) is 11.3 Å². The largest absolute Gasteiger partial charge is 0.365 e. The van der Waals surface area contributed by atoms with Crippen LogP contribution < -0.4 is 16.0 Å². The molecule has 0 saturated carbocycles. The number of nitrogens with two attached hydrogens (primary N) is 1. The molecule has 0 aliphatic rings. The molecule has 82 valence electrons. The lowest BCUT2D eigenvalue weighted by atomic mass is 10.2. The fourth-order valence-electron chi connectivity index (χ4n) is 1.31. The van der Waals surface area contributed by atoms with Crippen molar-refractivity contribution in [3.8, 4) is 0 Å². The predicted octanol–water partition coefficient (Wildman–Crippen LogP) is 0.327. The highest BCUT2D eigenvalue weighted by Gasteiger charge is 2.05. The van der Waals surface area contributed by atoms with Gasteiger partial charge >= 0.3 is 0 Å². The van der Waals surface area contributed by atoms with Crippen LogP contribution >= 0.6 is 0 Å². The van der Waals surface area contributed by atoms with E-state index >= 15 is 0 Å². The molecule has 0 saturated heterocycles. The fraction of sp³-hybridized carbons (Fsp3) is 0.364. The van der Waals surface area contributed by atoms with Crippen molar-refractivity contribution >= 4 is 11.6 Å². The van der Waals surface area contributed by atoms with Gasteiger partial charge in [-0.1, -0.05) is 12.1 Å². The number of benzene rings is 1. The van der Waals surface area contributed by atoms with E-state index in [1.807, 2.05) is 36.2 Å². The smallest absolute Gasteiger partial charge is 0.239 e. The van der Waals surface area contributed by atoms with Crippen LogP contribution in [0.15, 0.2) is 24.3 Å². The molecule has 1 aromatic rings. The van der Waals surface area contributed by atoms with Gasteiger partial charge in [-0.05, 0) is 17.7 Å². The van der Waals surface area contributed by atoms with Crippen molar-refractivity contribution in [2.75, 3.05) is 25.5 Å². The molecule has 1 aromatic carbocycles. The Morgan fingerprint density at radius 1 is 1.53 bits per heavy atom. The first-order chi connectivity index (χ1) is 7.17. The number of nitrogens with zero attached hydrogens (tertiary/aromatic N) is 1. The molecule has 0 unspecified atom stereocenters. The summed E-state index contributed by atoms with van der Waals surface area (Å²) in [5.74, 6) is -0.00403. The molecule has 1 amide bonds. The van der Waals surface area contributed by atoms with Crippen LogP contribution in [0.3, 0.4) is 0 Å². The highest BCUT2D eigenvalue weighted by molar-refractivity contribution is 5.80. The summed E-state index contributed by atoms with van der Waals surface area (Å²) in [6.45, 7) is 0.867. The first-order valence-corrected chi connectivity index (χ1v) is 4.88. The molecule has 0 bridgehead atoms. The third-order valence-corrected chi connectivity index (χ3v) is 2.25. The molecule has 0 atom stereocenters. The van der Waals surface area contributed by atoms with Crippen molar-refractivity contribution < 1.29 is 4.79 Å². The molecule has 4 nitrogen and oxygen atoms in total. The Hall–Kier alpha value is -1.55. The minimum absolute atomic E-state index is 0.00403. The number of anilines is 1. The summed E-state index contributed by atoms with van der Waals surface area (Å²) >= 11 is 0. The molecule has 4 heteroatoms. The lowest BCUT2D eigenvalue weighted by Gasteiger charge is -2.18. The Balaban J connectivity index is 2.72. The van der Waals surface area contributed by atoms with E-state index in [1.165, 1.54) is 0 Å². The number of likely N-dealkylation sites (N-methyl/N-ethyl adjacent to an activating group) is 2. The second-order valence-corrected chi connectivity index (χ2v) is 3.40. The fourth-order valence-corrected chi connectivity index (χ4v) is 1.31. The van der Waals surface area contributed by atoms with Crippen LogP contribution in [0.5, 0.6) is 0 Å². The average Bonchev–Trinajstić information content (AvgIpc) is 2.28. The van der Waals surface area contributed by atoms with Gasteiger partial charge in [0.1, 0.15) is 0 Å². The zero-order valence-corrected chi connectivity index (χ0v) is 9.16. The Kier molecular flexibility index (Phi) is 4.12. The van der Waals surface area contributed by atoms with Gasteiger partial charge in [-0.15, -0.1) is 0 Å². The average molecular weight is 207 g/mol. The lowest BCUT2D eigenvalue weighted by Crippen LogP contribution is -2.32. The molecule has 0 spiro atoms. The normalized spacial score (nSPS) is 9.80. The maximum atomic E-state index is 11.2. The van der Waals surface area contributed by atoms with E-state index in [0.717, 1.165) is 11.3 Å². The van der Waals surface area contributed by atoms with Gasteiger partial charge < -0.3 is 16.0 Å². The lowest BCUT2D eigenvalue weighted by molar-refractivity contribution is -0.119. The molecule has 1 rings (SSSR count). The third kappa shape index (κ3) is 3.25. The summed E-state index contributed by atoms with van der Waals surface area (Å²) < 4.78 is 0. The van der Waals surface area contributed by atoms with Gasteiger partial charge in [-0.2, -0.15) is 0 Å². The Morgan fingerprint density at radius 2 is 2.27 bits per heavy atom. The molecule has 0 aliphatic heterocycles. The molecule has 0 aliphatic carbocycles. The number of hydrogen-bond donors (Lipinski definition) is 2. The molecule has 3 N–H and O–H groups in total. The van der Waals surface area contributed by atoms with E-state index < -0.39 is 0 Å². The third-order valence-electron chi connectivity index (χ3n) is 2.25. The highest BCUT2D eigenvalue weighted by atomic mass is 16.1. The Labute approximate surface area is 90.1 Å². The summed E-state index contributed by atoms with van der Waals surface area (Å²) in [6, 6.07) is 7.86. The minimum Gasteiger partial charge on any atom is -0.365 e. The molecular weight excluding hydrogens is 190 g/mol. The van der Waals surface area contributed by atoms with Crippen molar-refractivity contribution in [3.63, 3.8) is 0 Å². The predicted molar refractivity (Wildman–Crippen MR) is 61.7 cm³/mol. The van der Waals surface area contributed by atoms with Crippen molar-refractivity contribution in [3.05, 3.63) is 29.8 Å². The van der Waals surface area contributed by atoms with Gasteiger partial charge in [0.2, 0.25) is 5.91 Å². The maximum absolute atomic E-state index is 11.2. The standard InChI is InChI=1S/C11H17N3O/c1-13-11(15)8-14(2)10-5-3-4-9(6-10)7-12/h3-6H,7-8,12H2,1-2H3,(H,13,15). The topological polar surface area (TPSA) is 58.4 Å². The number of hydrogen-bond acceptors (Lipinski definition) is 3. The van der Waals surface area contributed by atoms with Gasteiger partial charge in [0.15, 0.2) is 0 Å². The van der Waals surface area contributed by atoms with E-state index in [9.17, 15) is 4.79 Å². The number of rotatable bonds is 4. The SMILES string of the molecule is CNC(=O)CN(C)c1cccc(CN)c1. The zero-order valence-electron chi connectivity index (χ0n) is 9.16. The van der Waals surface area contributed by atoms with Gasteiger partial charge in [0.25, 0.3) is 0 Å². The van der Waals surface area contributed by atoms with E-state index in [2.05, 4.69) is 5.32 Å².